The van der Waals surface area contributed by atoms with E-state index in [-0.39, 0.29) is 4.90 Å². The van der Waals surface area contributed by atoms with Crippen molar-refractivity contribution >= 4 is 15.5 Å². The molecule has 2 rings (SSSR count). The summed E-state index contributed by atoms with van der Waals surface area (Å²) in [5, 5.41) is 0. The van der Waals surface area contributed by atoms with E-state index in [0.29, 0.717) is 11.4 Å². The Morgan fingerprint density at radius 1 is 1.05 bits per heavy atom. The maximum Gasteiger partial charge on any atom is 0.175 e. The second-order valence-corrected chi connectivity index (χ2v) is 6.81. The van der Waals surface area contributed by atoms with E-state index >= 15 is 0 Å². The van der Waals surface area contributed by atoms with E-state index in [1.54, 1.807) is 6.07 Å². The molecule has 0 spiro atoms. The van der Waals surface area contributed by atoms with Crippen molar-refractivity contribution in [3.8, 4) is 11.5 Å². The molecule has 0 aromatic heterocycles. The second kappa shape index (κ2) is 5.17. The minimum Gasteiger partial charge on any atom is -0.455 e. The molecule has 0 heterocycles. The maximum absolute atomic E-state index is 11.5. The summed E-state index contributed by atoms with van der Waals surface area (Å²) in [6.45, 7) is 3.90. The van der Waals surface area contributed by atoms with Gasteiger partial charge in [-0.15, -0.1) is 0 Å². The van der Waals surface area contributed by atoms with Crippen LogP contribution in [-0.2, 0) is 9.84 Å². The van der Waals surface area contributed by atoms with Gasteiger partial charge in [-0.05, 0) is 43.2 Å². The number of para-hydroxylation sites is 1. The Bertz CT molecular complexity index is 731. The van der Waals surface area contributed by atoms with Crippen LogP contribution in [0.25, 0.3) is 0 Å². The number of anilines is 1. The number of nitrogens with two attached hydrogens (primary N) is 1. The molecule has 0 aliphatic carbocycles. The largest absolute Gasteiger partial charge is 0.455 e. The van der Waals surface area contributed by atoms with Crippen molar-refractivity contribution in [2.75, 3.05) is 12.0 Å². The first-order valence-electron chi connectivity index (χ1n) is 6.12. The highest BCUT2D eigenvalue weighted by atomic mass is 32.2. The zero-order valence-corrected chi connectivity index (χ0v) is 12.5. The van der Waals surface area contributed by atoms with Gasteiger partial charge in [0.1, 0.15) is 11.5 Å². The minimum atomic E-state index is -3.27. The van der Waals surface area contributed by atoms with Gasteiger partial charge in [0.25, 0.3) is 0 Å². The molecular formula is C15H17NO3S. The fourth-order valence-corrected chi connectivity index (χ4v) is 2.58. The van der Waals surface area contributed by atoms with Crippen LogP contribution in [-0.4, -0.2) is 14.7 Å². The third-order valence-electron chi connectivity index (χ3n) is 3.03. The van der Waals surface area contributed by atoms with E-state index in [4.69, 9.17) is 10.5 Å². The van der Waals surface area contributed by atoms with Gasteiger partial charge in [-0.1, -0.05) is 18.2 Å². The van der Waals surface area contributed by atoms with Gasteiger partial charge in [-0.3, -0.25) is 0 Å². The summed E-state index contributed by atoms with van der Waals surface area (Å²) in [4.78, 5) is 0.184. The Balaban J connectivity index is 2.41. The van der Waals surface area contributed by atoms with E-state index in [0.717, 1.165) is 23.1 Å². The molecule has 0 aliphatic heterocycles. The van der Waals surface area contributed by atoms with Crippen LogP contribution in [0.2, 0.25) is 0 Å². The molecule has 0 aliphatic rings. The van der Waals surface area contributed by atoms with E-state index in [1.165, 1.54) is 12.1 Å². The number of benzene rings is 2. The van der Waals surface area contributed by atoms with Crippen molar-refractivity contribution in [1.29, 1.82) is 0 Å². The van der Waals surface area contributed by atoms with Crippen LogP contribution < -0.4 is 10.5 Å². The first-order chi connectivity index (χ1) is 9.29. The molecule has 2 N–H and O–H groups in total. The Morgan fingerprint density at radius 3 is 2.15 bits per heavy atom. The average Bonchev–Trinajstić information content (AvgIpc) is 2.34. The molecule has 0 saturated carbocycles. The third-order valence-corrected chi connectivity index (χ3v) is 4.14. The smallest absolute Gasteiger partial charge is 0.175 e. The highest BCUT2D eigenvalue weighted by Crippen LogP contribution is 2.33. The molecule has 2 aromatic rings. The zero-order valence-electron chi connectivity index (χ0n) is 11.7. The van der Waals surface area contributed by atoms with Crippen molar-refractivity contribution in [3.05, 3.63) is 47.5 Å². The van der Waals surface area contributed by atoms with E-state index in [9.17, 15) is 8.42 Å². The lowest BCUT2D eigenvalue weighted by Gasteiger charge is -2.13. The summed E-state index contributed by atoms with van der Waals surface area (Å²) in [6, 6.07) is 10.3. The first kappa shape index (κ1) is 14.4. The van der Waals surface area contributed by atoms with Crippen molar-refractivity contribution in [1.82, 2.24) is 0 Å². The van der Waals surface area contributed by atoms with E-state index in [1.807, 2.05) is 32.0 Å². The SMILES string of the molecule is Cc1cccc(C)c1Oc1ccc(S(C)(=O)=O)cc1N. The molecule has 4 nitrogen and oxygen atoms in total. The van der Waals surface area contributed by atoms with Gasteiger partial charge in [-0.25, -0.2) is 8.42 Å². The lowest BCUT2D eigenvalue weighted by molar-refractivity contribution is 0.477. The number of hydrogen-bond donors (Lipinski definition) is 1. The summed E-state index contributed by atoms with van der Waals surface area (Å²) in [6.07, 6.45) is 1.15. The summed E-state index contributed by atoms with van der Waals surface area (Å²) in [7, 11) is -3.27. The molecule has 0 bridgehead atoms. The molecular weight excluding hydrogens is 274 g/mol. The molecule has 0 saturated heterocycles. The molecule has 0 unspecified atom stereocenters. The summed E-state index contributed by atoms with van der Waals surface area (Å²) < 4.78 is 28.8. The van der Waals surface area contributed by atoms with Gasteiger partial charge in [-0.2, -0.15) is 0 Å². The fourth-order valence-electron chi connectivity index (χ4n) is 1.92. The van der Waals surface area contributed by atoms with Crippen LogP contribution >= 0.6 is 0 Å². The maximum atomic E-state index is 11.5. The number of nitrogen functional groups attached to an aromatic ring is 1. The summed E-state index contributed by atoms with van der Waals surface area (Å²) in [5.41, 5.74) is 8.17. The minimum absolute atomic E-state index is 0.184. The number of ether oxygens (including phenoxy) is 1. The van der Waals surface area contributed by atoms with E-state index < -0.39 is 9.84 Å². The molecule has 106 valence electrons. The lowest BCUT2D eigenvalue weighted by Crippen LogP contribution is -2.00. The lowest BCUT2D eigenvalue weighted by atomic mass is 10.1. The number of rotatable bonds is 3. The molecule has 0 radical (unpaired) electrons. The molecule has 2 aromatic carbocycles. The predicted molar refractivity (Wildman–Crippen MR) is 80.0 cm³/mol. The van der Waals surface area contributed by atoms with Crippen LogP contribution in [0, 0.1) is 13.8 Å². The molecule has 0 atom stereocenters. The van der Waals surface area contributed by atoms with Crippen molar-refractivity contribution in [2.24, 2.45) is 0 Å². The van der Waals surface area contributed by atoms with Gasteiger partial charge in [0.15, 0.2) is 9.84 Å². The van der Waals surface area contributed by atoms with Gasteiger partial charge in [0, 0.05) is 6.26 Å². The monoisotopic (exact) mass is 291 g/mol. The third kappa shape index (κ3) is 2.93. The van der Waals surface area contributed by atoms with Crippen molar-refractivity contribution in [2.45, 2.75) is 18.7 Å². The van der Waals surface area contributed by atoms with Crippen molar-refractivity contribution < 1.29 is 13.2 Å². The Labute approximate surface area is 119 Å². The Hall–Kier alpha value is -2.01. The van der Waals surface area contributed by atoms with Crippen LogP contribution in [0.5, 0.6) is 11.5 Å². The number of hydrogen-bond acceptors (Lipinski definition) is 4. The summed E-state index contributed by atoms with van der Waals surface area (Å²) in [5.74, 6) is 1.20. The van der Waals surface area contributed by atoms with Crippen LogP contribution in [0.4, 0.5) is 5.69 Å². The number of sulfone groups is 1. The van der Waals surface area contributed by atoms with Gasteiger partial charge < -0.3 is 10.5 Å². The zero-order chi connectivity index (χ0) is 14.9. The van der Waals surface area contributed by atoms with E-state index in [2.05, 4.69) is 0 Å². The number of aryl methyl sites for hydroxylation is 2. The van der Waals surface area contributed by atoms with Gasteiger partial charge >= 0.3 is 0 Å². The van der Waals surface area contributed by atoms with Crippen LogP contribution in [0.1, 0.15) is 11.1 Å². The molecule has 20 heavy (non-hydrogen) atoms. The Kier molecular flexibility index (Phi) is 3.72. The summed E-state index contributed by atoms with van der Waals surface area (Å²) >= 11 is 0. The topological polar surface area (TPSA) is 69.4 Å². The highest BCUT2D eigenvalue weighted by molar-refractivity contribution is 7.90. The van der Waals surface area contributed by atoms with Crippen LogP contribution in [0.3, 0.4) is 0 Å². The first-order valence-corrected chi connectivity index (χ1v) is 8.02. The average molecular weight is 291 g/mol. The predicted octanol–water partition coefficient (Wildman–Crippen LogP) is 3.08. The Morgan fingerprint density at radius 2 is 1.65 bits per heavy atom. The van der Waals surface area contributed by atoms with Gasteiger partial charge in [0.2, 0.25) is 0 Å². The standard InChI is InChI=1S/C15H17NO3S/c1-10-5-4-6-11(2)15(10)19-14-8-7-12(9-13(14)16)20(3,17)18/h4-9H,16H2,1-3H3. The normalized spacial score (nSPS) is 11.3. The van der Waals surface area contributed by atoms with Crippen molar-refractivity contribution in [3.63, 3.8) is 0 Å². The molecule has 0 fully saturated rings. The second-order valence-electron chi connectivity index (χ2n) is 4.79. The fraction of sp³-hybridized carbons (Fsp3) is 0.200. The van der Waals surface area contributed by atoms with Crippen LogP contribution in [0.15, 0.2) is 41.3 Å². The quantitative estimate of drug-likeness (QED) is 0.882. The van der Waals surface area contributed by atoms with Gasteiger partial charge in [0.05, 0.1) is 10.6 Å². The highest BCUT2D eigenvalue weighted by Gasteiger charge is 2.12. The molecule has 0 amide bonds. The molecule has 5 heteroatoms.